The van der Waals surface area contributed by atoms with E-state index in [0.717, 1.165) is 15.4 Å². The molecule has 10 heteroatoms. The number of nitrogens with one attached hydrogen (secondary N) is 1. The van der Waals surface area contributed by atoms with Gasteiger partial charge in [-0.25, -0.2) is 8.42 Å². The Labute approximate surface area is 219 Å². The van der Waals surface area contributed by atoms with Crippen molar-refractivity contribution in [3.05, 3.63) is 53.6 Å². The smallest absolute Gasteiger partial charge is 0.244 e. The lowest BCUT2D eigenvalue weighted by atomic mass is 10.1. The van der Waals surface area contributed by atoms with Crippen molar-refractivity contribution in [1.29, 1.82) is 0 Å². The van der Waals surface area contributed by atoms with E-state index in [9.17, 15) is 18.0 Å². The Morgan fingerprint density at radius 1 is 1.03 bits per heavy atom. The number of hydrogen-bond donors (Lipinski definition) is 1. The van der Waals surface area contributed by atoms with Gasteiger partial charge in [0, 0.05) is 18.2 Å². The third-order valence-electron chi connectivity index (χ3n) is 5.93. The first-order valence-corrected chi connectivity index (χ1v) is 14.0. The maximum atomic E-state index is 13.7. The molecule has 9 nitrogen and oxygen atoms in total. The van der Waals surface area contributed by atoms with Crippen molar-refractivity contribution in [2.24, 2.45) is 0 Å². The number of carbonyl (C=O) groups is 2. The van der Waals surface area contributed by atoms with Gasteiger partial charge in [-0.3, -0.25) is 13.9 Å². The SMILES string of the molecule is CCS(=O)(=O)N(CC(=O)N(Cc1ccc(C)cc1)[C@@H](C)C(=O)NC(C)(C)C)c1ccc2c(c1)OCCO2. The van der Waals surface area contributed by atoms with Crippen LogP contribution in [0.1, 0.15) is 45.7 Å². The molecule has 1 heterocycles. The molecule has 0 saturated heterocycles. The molecule has 3 rings (SSSR count). The number of rotatable bonds is 9. The molecular weight excluding hydrogens is 494 g/mol. The van der Waals surface area contributed by atoms with E-state index in [2.05, 4.69) is 5.32 Å². The van der Waals surface area contributed by atoms with Gasteiger partial charge in [0.25, 0.3) is 0 Å². The summed E-state index contributed by atoms with van der Waals surface area (Å²) < 4.78 is 38.5. The summed E-state index contributed by atoms with van der Waals surface area (Å²) in [6.07, 6.45) is 0. The standard InChI is InChI=1S/C27H37N3O6S/c1-7-37(33,34)30(22-12-13-23-24(16-22)36-15-14-35-23)18-25(31)29(17-21-10-8-19(2)9-11-21)20(3)26(32)28-27(4,5)6/h8-13,16,20H,7,14-15,17-18H2,1-6H3,(H,28,32)/t20-/m0/s1. The van der Waals surface area contributed by atoms with Crippen molar-refractivity contribution in [2.45, 2.75) is 59.7 Å². The Kier molecular flexibility index (Phi) is 8.73. The molecule has 1 aliphatic rings. The number of ether oxygens (including phenoxy) is 2. The number of anilines is 1. The normalized spacial score (nSPS) is 14.0. The van der Waals surface area contributed by atoms with Crippen LogP contribution in [0.25, 0.3) is 0 Å². The number of fused-ring (bicyclic) bond motifs is 1. The highest BCUT2D eigenvalue weighted by Crippen LogP contribution is 2.35. The third kappa shape index (κ3) is 7.38. The molecule has 0 fully saturated rings. The molecule has 2 aromatic rings. The second kappa shape index (κ2) is 11.4. The minimum atomic E-state index is -3.83. The molecule has 2 amide bonds. The third-order valence-corrected chi connectivity index (χ3v) is 7.67. The van der Waals surface area contributed by atoms with E-state index in [1.165, 1.54) is 11.8 Å². The van der Waals surface area contributed by atoms with Gasteiger partial charge in [-0.2, -0.15) is 0 Å². The van der Waals surface area contributed by atoms with Crippen LogP contribution in [0.3, 0.4) is 0 Å². The van der Waals surface area contributed by atoms with Gasteiger partial charge in [-0.15, -0.1) is 0 Å². The minimum Gasteiger partial charge on any atom is -0.486 e. The molecule has 0 aliphatic carbocycles. The Morgan fingerprint density at radius 2 is 1.65 bits per heavy atom. The summed E-state index contributed by atoms with van der Waals surface area (Å²) in [4.78, 5) is 28.2. The van der Waals surface area contributed by atoms with Crippen LogP contribution in [-0.2, 0) is 26.2 Å². The van der Waals surface area contributed by atoms with Crippen LogP contribution in [0.4, 0.5) is 5.69 Å². The quantitative estimate of drug-likeness (QED) is 0.533. The number of hydrogen-bond acceptors (Lipinski definition) is 6. The molecule has 2 aromatic carbocycles. The van der Waals surface area contributed by atoms with Crippen LogP contribution in [0.15, 0.2) is 42.5 Å². The van der Waals surface area contributed by atoms with Gasteiger partial charge < -0.3 is 19.7 Å². The van der Waals surface area contributed by atoms with E-state index >= 15 is 0 Å². The average Bonchev–Trinajstić information content (AvgIpc) is 2.85. The topological polar surface area (TPSA) is 105 Å². The van der Waals surface area contributed by atoms with Gasteiger partial charge in [0.05, 0.1) is 11.4 Å². The summed E-state index contributed by atoms with van der Waals surface area (Å²) >= 11 is 0. The summed E-state index contributed by atoms with van der Waals surface area (Å²) in [5.74, 6) is -0.0842. The van der Waals surface area contributed by atoms with Crippen LogP contribution in [0.5, 0.6) is 11.5 Å². The summed E-state index contributed by atoms with van der Waals surface area (Å²) in [5.41, 5.74) is 1.70. The maximum Gasteiger partial charge on any atom is 0.244 e. The molecule has 0 spiro atoms. The van der Waals surface area contributed by atoms with Gasteiger partial charge >= 0.3 is 0 Å². The van der Waals surface area contributed by atoms with Crippen molar-refractivity contribution in [2.75, 3.05) is 29.8 Å². The highest BCUT2D eigenvalue weighted by Gasteiger charge is 2.32. The molecule has 0 unspecified atom stereocenters. The number of amides is 2. The monoisotopic (exact) mass is 531 g/mol. The summed E-state index contributed by atoms with van der Waals surface area (Å²) in [6.45, 7) is 11.2. The second-order valence-electron chi connectivity index (χ2n) is 10.2. The van der Waals surface area contributed by atoms with Gasteiger partial charge in [0.2, 0.25) is 21.8 Å². The number of carbonyl (C=O) groups excluding carboxylic acids is 2. The highest BCUT2D eigenvalue weighted by molar-refractivity contribution is 7.92. The van der Waals surface area contributed by atoms with E-state index < -0.39 is 34.1 Å². The average molecular weight is 532 g/mol. The predicted molar refractivity (Wildman–Crippen MR) is 143 cm³/mol. The van der Waals surface area contributed by atoms with Crippen molar-refractivity contribution >= 4 is 27.5 Å². The van der Waals surface area contributed by atoms with Crippen molar-refractivity contribution in [3.8, 4) is 11.5 Å². The Hall–Kier alpha value is -3.27. The van der Waals surface area contributed by atoms with E-state index in [1.54, 1.807) is 25.1 Å². The fourth-order valence-corrected chi connectivity index (χ4v) is 4.91. The fraction of sp³-hybridized carbons (Fsp3) is 0.481. The van der Waals surface area contributed by atoms with Crippen LogP contribution in [0, 0.1) is 6.92 Å². The first kappa shape index (κ1) is 28.3. The largest absolute Gasteiger partial charge is 0.486 e. The number of nitrogens with zero attached hydrogens (tertiary/aromatic N) is 2. The van der Waals surface area contributed by atoms with Crippen molar-refractivity contribution < 1.29 is 27.5 Å². The maximum absolute atomic E-state index is 13.7. The van der Waals surface area contributed by atoms with Gasteiger partial charge in [0.15, 0.2) is 11.5 Å². The molecule has 0 bridgehead atoms. The lowest BCUT2D eigenvalue weighted by molar-refractivity contribution is -0.140. The molecule has 1 N–H and O–H groups in total. The van der Waals surface area contributed by atoms with Crippen LogP contribution in [-0.4, -0.2) is 62.2 Å². The minimum absolute atomic E-state index is 0.152. The molecule has 0 radical (unpaired) electrons. The predicted octanol–water partition coefficient (Wildman–Crippen LogP) is 3.25. The van der Waals surface area contributed by atoms with Crippen LogP contribution in [0.2, 0.25) is 0 Å². The van der Waals surface area contributed by atoms with Gasteiger partial charge in [-0.1, -0.05) is 29.8 Å². The van der Waals surface area contributed by atoms with Gasteiger partial charge in [0.1, 0.15) is 25.8 Å². The zero-order valence-electron chi connectivity index (χ0n) is 22.4. The molecule has 0 aromatic heterocycles. The molecular formula is C27H37N3O6S. The Bertz CT molecular complexity index is 1220. The van der Waals surface area contributed by atoms with E-state index in [0.29, 0.717) is 30.4 Å². The lowest BCUT2D eigenvalue weighted by Gasteiger charge is -2.33. The van der Waals surface area contributed by atoms with E-state index in [-0.39, 0.29) is 18.2 Å². The molecule has 202 valence electrons. The van der Waals surface area contributed by atoms with Crippen LogP contribution < -0.4 is 19.1 Å². The number of aryl methyl sites for hydroxylation is 1. The van der Waals surface area contributed by atoms with E-state index in [1.807, 2.05) is 52.0 Å². The molecule has 37 heavy (non-hydrogen) atoms. The zero-order valence-corrected chi connectivity index (χ0v) is 23.2. The van der Waals surface area contributed by atoms with Crippen molar-refractivity contribution in [3.63, 3.8) is 0 Å². The Morgan fingerprint density at radius 3 is 2.24 bits per heavy atom. The summed E-state index contributed by atoms with van der Waals surface area (Å²) in [6, 6.07) is 11.6. The van der Waals surface area contributed by atoms with Crippen LogP contribution >= 0.6 is 0 Å². The number of sulfonamides is 1. The lowest BCUT2D eigenvalue weighted by Crippen LogP contribution is -2.54. The first-order chi connectivity index (χ1) is 17.3. The zero-order chi connectivity index (χ0) is 27.4. The molecule has 0 saturated carbocycles. The fourth-order valence-electron chi connectivity index (χ4n) is 3.85. The summed E-state index contributed by atoms with van der Waals surface area (Å²) in [7, 11) is -3.83. The second-order valence-corrected chi connectivity index (χ2v) is 12.3. The van der Waals surface area contributed by atoms with Gasteiger partial charge in [-0.05, 0) is 59.2 Å². The Balaban J connectivity index is 1.95. The summed E-state index contributed by atoms with van der Waals surface area (Å²) in [5, 5.41) is 2.91. The van der Waals surface area contributed by atoms with E-state index in [4.69, 9.17) is 9.47 Å². The first-order valence-electron chi connectivity index (χ1n) is 12.4. The number of benzene rings is 2. The highest BCUT2D eigenvalue weighted by atomic mass is 32.2. The van der Waals surface area contributed by atoms with Crippen molar-refractivity contribution in [1.82, 2.24) is 10.2 Å². The molecule has 1 atom stereocenters. The molecule has 1 aliphatic heterocycles.